The fraction of sp³-hybridized carbons (Fsp3) is 0.647. The molecule has 1 aliphatic carbocycles. The van der Waals surface area contributed by atoms with E-state index in [2.05, 4.69) is 24.3 Å². The van der Waals surface area contributed by atoms with Gasteiger partial charge in [0.05, 0.1) is 0 Å². The Kier molecular flexibility index (Phi) is 3.90. The van der Waals surface area contributed by atoms with Crippen LogP contribution in [0.15, 0.2) is 24.3 Å². The summed E-state index contributed by atoms with van der Waals surface area (Å²) in [5.41, 5.74) is 9.54. The lowest BCUT2D eigenvalue weighted by Crippen LogP contribution is -2.41. The molecular weight excluding hydrogens is 234 g/mol. The zero-order valence-electron chi connectivity index (χ0n) is 11.7. The van der Waals surface area contributed by atoms with Crippen LogP contribution in [0.1, 0.15) is 43.2 Å². The summed E-state index contributed by atoms with van der Waals surface area (Å²) in [6, 6.07) is 8.96. The SMILES string of the molecule is NCC1(CC2CCOCC2)CCCc2ccccc21. The van der Waals surface area contributed by atoms with Crippen molar-refractivity contribution in [2.75, 3.05) is 19.8 Å². The fourth-order valence-corrected chi connectivity index (χ4v) is 4.02. The number of benzene rings is 1. The number of ether oxygens (including phenoxy) is 1. The van der Waals surface area contributed by atoms with Crippen molar-refractivity contribution < 1.29 is 4.74 Å². The highest BCUT2D eigenvalue weighted by molar-refractivity contribution is 5.37. The first-order valence-corrected chi connectivity index (χ1v) is 7.70. The topological polar surface area (TPSA) is 35.2 Å². The molecule has 1 atom stereocenters. The average Bonchev–Trinajstić information content (AvgIpc) is 2.49. The maximum absolute atomic E-state index is 6.24. The molecule has 1 aliphatic heterocycles. The minimum absolute atomic E-state index is 0.233. The average molecular weight is 259 g/mol. The quantitative estimate of drug-likeness (QED) is 0.905. The first-order chi connectivity index (χ1) is 9.34. The Morgan fingerprint density at radius 2 is 2.00 bits per heavy atom. The van der Waals surface area contributed by atoms with E-state index in [0.717, 1.165) is 25.7 Å². The molecule has 1 aromatic rings. The Bertz CT molecular complexity index is 425. The summed E-state index contributed by atoms with van der Waals surface area (Å²) in [5, 5.41) is 0. The van der Waals surface area contributed by atoms with E-state index in [4.69, 9.17) is 10.5 Å². The molecule has 2 nitrogen and oxygen atoms in total. The molecule has 0 aromatic heterocycles. The fourth-order valence-electron chi connectivity index (χ4n) is 4.02. The Morgan fingerprint density at radius 3 is 2.79 bits per heavy atom. The second-order valence-corrected chi connectivity index (χ2v) is 6.26. The Hall–Kier alpha value is -0.860. The third kappa shape index (κ3) is 2.56. The van der Waals surface area contributed by atoms with Crippen molar-refractivity contribution in [3.63, 3.8) is 0 Å². The van der Waals surface area contributed by atoms with Crippen molar-refractivity contribution in [3.05, 3.63) is 35.4 Å². The summed E-state index contributed by atoms with van der Waals surface area (Å²) in [7, 11) is 0. The summed E-state index contributed by atoms with van der Waals surface area (Å²) in [6.07, 6.45) is 7.46. The van der Waals surface area contributed by atoms with Crippen LogP contribution in [0.2, 0.25) is 0 Å². The molecule has 1 fully saturated rings. The number of fused-ring (bicyclic) bond motifs is 1. The first-order valence-electron chi connectivity index (χ1n) is 7.70. The van der Waals surface area contributed by atoms with Crippen LogP contribution in [-0.4, -0.2) is 19.8 Å². The van der Waals surface area contributed by atoms with E-state index in [0.29, 0.717) is 0 Å². The molecule has 2 heteroatoms. The van der Waals surface area contributed by atoms with Gasteiger partial charge in [0.2, 0.25) is 0 Å². The smallest absolute Gasteiger partial charge is 0.0468 e. The van der Waals surface area contributed by atoms with E-state index in [1.165, 1.54) is 49.7 Å². The standard InChI is InChI=1S/C17H25NO/c18-13-17(12-14-7-10-19-11-8-14)9-3-5-15-4-1-2-6-16(15)17/h1-2,4,6,14H,3,5,7-13,18H2. The Labute approximate surface area is 116 Å². The summed E-state index contributed by atoms with van der Waals surface area (Å²) in [4.78, 5) is 0. The van der Waals surface area contributed by atoms with E-state index in [1.807, 2.05) is 0 Å². The van der Waals surface area contributed by atoms with Gasteiger partial charge in [0.15, 0.2) is 0 Å². The van der Waals surface area contributed by atoms with Gasteiger partial charge in [-0.1, -0.05) is 24.3 Å². The summed E-state index contributed by atoms with van der Waals surface area (Å²) < 4.78 is 5.49. The van der Waals surface area contributed by atoms with Gasteiger partial charge in [-0.2, -0.15) is 0 Å². The van der Waals surface area contributed by atoms with Crippen LogP contribution in [0.25, 0.3) is 0 Å². The molecule has 0 radical (unpaired) electrons. The molecule has 104 valence electrons. The van der Waals surface area contributed by atoms with Gasteiger partial charge in [0.1, 0.15) is 0 Å². The largest absolute Gasteiger partial charge is 0.381 e. The normalized spacial score (nSPS) is 28.1. The molecule has 1 aromatic carbocycles. The molecule has 0 saturated carbocycles. The highest BCUT2D eigenvalue weighted by atomic mass is 16.5. The third-order valence-electron chi connectivity index (χ3n) is 5.10. The number of hydrogen-bond acceptors (Lipinski definition) is 2. The zero-order valence-corrected chi connectivity index (χ0v) is 11.7. The van der Waals surface area contributed by atoms with Crippen LogP contribution in [0.5, 0.6) is 0 Å². The Morgan fingerprint density at radius 1 is 1.21 bits per heavy atom. The maximum atomic E-state index is 6.24. The summed E-state index contributed by atoms with van der Waals surface area (Å²) >= 11 is 0. The molecule has 0 bridgehead atoms. The number of hydrogen-bond donors (Lipinski definition) is 1. The van der Waals surface area contributed by atoms with Gasteiger partial charge in [-0.3, -0.25) is 0 Å². The van der Waals surface area contributed by atoms with Crippen molar-refractivity contribution in [2.24, 2.45) is 11.7 Å². The van der Waals surface area contributed by atoms with Crippen molar-refractivity contribution in [1.82, 2.24) is 0 Å². The molecule has 19 heavy (non-hydrogen) atoms. The van der Waals surface area contributed by atoms with Gasteiger partial charge in [-0.05, 0) is 55.6 Å². The molecule has 1 heterocycles. The lowest BCUT2D eigenvalue weighted by atomic mass is 9.65. The molecule has 0 spiro atoms. The number of aryl methyl sites for hydroxylation is 1. The monoisotopic (exact) mass is 259 g/mol. The van der Waals surface area contributed by atoms with Crippen LogP contribution >= 0.6 is 0 Å². The molecule has 1 saturated heterocycles. The molecule has 2 N–H and O–H groups in total. The highest BCUT2D eigenvalue weighted by Crippen LogP contribution is 2.42. The molecule has 3 rings (SSSR count). The van der Waals surface area contributed by atoms with Gasteiger partial charge in [-0.15, -0.1) is 0 Å². The summed E-state index contributed by atoms with van der Waals surface area (Å²) in [5.74, 6) is 0.795. The molecule has 2 aliphatic rings. The second-order valence-electron chi connectivity index (χ2n) is 6.26. The van der Waals surface area contributed by atoms with Crippen LogP contribution in [0, 0.1) is 5.92 Å². The zero-order chi connectivity index (χ0) is 13.1. The van der Waals surface area contributed by atoms with Gasteiger partial charge in [-0.25, -0.2) is 0 Å². The maximum Gasteiger partial charge on any atom is 0.0468 e. The van der Waals surface area contributed by atoms with E-state index < -0.39 is 0 Å². The van der Waals surface area contributed by atoms with Gasteiger partial charge >= 0.3 is 0 Å². The molecular formula is C17H25NO. The van der Waals surface area contributed by atoms with Crippen LogP contribution < -0.4 is 5.73 Å². The van der Waals surface area contributed by atoms with Crippen molar-refractivity contribution >= 4 is 0 Å². The lowest BCUT2D eigenvalue weighted by Gasteiger charge is -2.41. The number of rotatable bonds is 3. The van der Waals surface area contributed by atoms with Crippen molar-refractivity contribution in [1.29, 1.82) is 0 Å². The van der Waals surface area contributed by atoms with Gasteiger partial charge in [0.25, 0.3) is 0 Å². The highest BCUT2D eigenvalue weighted by Gasteiger charge is 2.37. The van der Waals surface area contributed by atoms with E-state index >= 15 is 0 Å². The minimum atomic E-state index is 0.233. The predicted molar refractivity (Wildman–Crippen MR) is 78.3 cm³/mol. The van der Waals surface area contributed by atoms with Gasteiger partial charge in [0, 0.05) is 25.2 Å². The van der Waals surface area contributed by atoms with Crippen molar-refractivity contribution in [2.45, 2.75) is 43.9 Å². The van der Waals surface area contributed by atoms with E-state index in [1.54, 1.807) is 0 Å². The van der Waals surface area contributed by atoms with Crippen LogP contribution in [0.3, 0.4) is 0 Å². The first kappa shape index (κ1) is 13.1. The van der Waals surface area contributed by atoms with E-state index in [-0.39, 0.29) is 5.41 Å². The van der Waals surface area contributed by atoms with Crippen LogP contribution in [0.4, 0.5) is 0 Å². The van der Waals surface area contributed by atoms with Gasteiger partial charge < -0.3 is 10.5 Å². The van der Waals surface area contributed by atoms with Crippen molar-refractivity contribution in [3.8, 4) is 0 Å². The molecule has 1 unspecified atom stereocenters. The minimum Gasteiger partial charge on any atom is -0.381 e. The summed E-state index contributed by atoms with van der Waals surface area (Å²) in [6.45, 7) is 2.67. The second kappa shape index (κ2) is 5.64. The Balaban J connectivity index is 1.86. The van der Waals surface area contributed by atoms with Crippen LogP contribution in [-0.2, 0) is 16.6 Å². The number of nitrogens with two attached hydrogens (primary N) is 1. The third-order valence-corrected chi connectivity index (χ3v) is 5.10. The molecule has 0 amide bonds. The lowest BCUT2D eigenvalue weighted by molar-refractivity contribution is 0.0545. The van der Waals surface area contributed by atoms with E-state index in [9.17, 15) is 0 Å². The predicted octanol–water partition coefficient (Wildman–Crippen LogP) is 3.04.